The lowest BCUT2D eigenvalue weighted by atomic mass is 10.5. The van der Waals surface area contributed by atoms with Crippen LogP contribution in [0.5, 0.6) is 0 Å². The smallest absolute Gasteiger partial charge is 0.0382 e. The van der Waals surface area contributed by atoms with Crippen molar-refractivity contribution >= 4 is 0 Å². The Morgan fingerprint density at radius 1 is 0.750 bits per heavy atom. The van der Waals surface area contributed by atoms with Crippen LogP contribution in [0, 0.1) is 0 Å². The van der Waals surface area contributed by atoms with Crippen molar-refractivity contribution in [2.24, 2.45) is 0 Å². The molecule has 12 heavy (non-hydrogen) atoms. The van der Waals surface area contributed by atoms with Gasteiger partial charge in [0.05, 0.1) is 0 Å². The third kappa shape index (κ3) is 178. The molecule has 0 aromatic rings. The van der Waals surface area contributed by atoms with E-state index in [1.807, 2.05) is 6.08 Å². The summed E-state index contributed by atoms with van der Waals surface area (Å²) < 4.78 is 0. The SMILES string of the molecule is C=CC=C.C=CC=C.C=CCC. The fourth-order valence-corrected chi connectivity index (χ4v) is 0. The van der Waals surface area contributed by atoms with Crippen LogP contribution in [0.15, 0.2) is 63.3 Å². The van der Waals surface area contributed by atoms with Crippen molar-refractivity contribution < 1.29 is 0 Å². The molecule has 0 radical (unpaired) electrons. The minimum Gasteiger partial charge on any atom is -0.103 e. The molecular formula is C12H20. The van der Waals surface area contributed by atoms with Crippen molar-refractivity contribution in [3.05, 3.63) is 63.3 Å². The zero-order valence-electron chi connectivity index (χ0n) is 8.13. The third-order valence-corrected chi connectivity index (χ3v) is 0.622. The Kier molecular flexibility index (Phi) is 47.0. The van der Waals surface area contributed by atoms with Crippen LogP contribution in [0.4, 0.5) is 0 Å². The van der Waals surface area contributed by atoms with Gasteiger partial charge in [-0.3, -0.25) is 0 Å². The van der Waals surface area contributed by atoms with Gasteiger partial charge in [-0.1, -0.05) is 63.6 Å². The molecular weight excluding hydrogens is 144 g/mol. The second kappa shape index (κ2) is 33.2. The van der Waals surface area contributed by atoms with E-state index in [1.165, 1.54) is 0 Å². The van der Waals surface area contributed by atoms with Crippen molar-refractivity contribution in [3.8, 4) is 0 Å². The Morgan fingerprint density at radius 2 is 0.917 bits per heavy atom. The van der Waals surface area contributed by atoms with E-state index < -0.39 is 0 Å². The summed E-state index contributed by atoms with van der Waals surface area (Å²) in [5.74, 6) is 0. The highest BCUT2D eigenvalue weighted by Gasteiger charge is 1.45. The Balaban J connectivity index is -0.000000101. The third-order valence-electron chi connectivity index (χ3n) is 0.622. The molecule has 0 nitrogen and oxygen atoms in total. The van der Waals surface area contributed by atoms with Gasteiger partial charge in [0.25, 0.3) is 0 Å². The molecule has 0 aliphatic carbocycles. The molecule has 0 heteroatoms. The quantitative estimate of drug-likeness (QED) is 0.431. The Labute approximate surface area is 77.3 Å². The lowest BCUT2D eigenvalue weighted by molar-refractivity contribution is 1.23. The monoisotopic (exact) mass is 164 g/mol. The summed E-state index contributed by atoms with van der Waals surface area (Å²) in [5.41, 5.74) is 0. The number of hydrogen-bond donors (Lipinski definition) is 0. The summed E-state index contributed by atoms with van der Waals surface area (Å²) >= 11 is 0. The highest BCUT2D eigenvalue weighted by atomic mass is 13.5. The molecule has 0 aromatic carbocycles. The fraction of sp³-hybridized carbons (Fsp3) is 0.167. The van der Waals surface area contributed by atoms with E-state index >= 15 is 0 Å². The van der Waals surface area contributed by atoms with Crippen LogP contribution in [0.2, 0.25) is 0 Å². The summed E-state index contributed by atoms with van der Waals surface area (Å²) in [7, 11) is 0. The van der Waals surface area contributed by atoms with Gasteiger partial charge in [-0.05, 0) is 6.42 Å². The molecule has 0 amide bonds. The van der Waals surface area contributed by atoms with E-state index in [0.29, 0.717) is 0 Å². The van der Waals surface area contributed by atoms with E-state index in [4.69, 9.17) is 0 Å². The molecule has 0 rings (SSSR count). The van der Waals surface area contributed by atoms with Crippen LogP contribution < -0.4 is 0 Å². The average molecular weight is 164 g/mol. The zero-order chi connectivity index (χ0) is 10.2. The van der Waals surface area contributed by atoms with E-state index in [1.54, 1.807) is 24.3 Å². The molecule has 0 saturated carbocycles. The maximum Gasteiger partial charge on any atom is -0.0382 e. The van der Waals surface area contributed by atoms with Gasteiger partial charge in [0.1, 0.15) is 0 Å². The summed E-state index contributed by atoms with van der Waals surface area (Å²) in [4.78, 5) is 0. The van der Waals surface area contributed by atoms with Gasteiger partial charge in [0.15, 0.2) is 0 Å². The summed E-state index contributed by atoms with van der Waals surface area (Å²) in [6, 6.07) is 0. The lowest BCUT2D eigenvalue weighted by Crippen LogP contribution is -1.36. The first-order chi connectivity index (χ1) is 5.74. The Hall–Kier alpha value is -1.30. The molecule has 0 bridgehead atoms. The van der Waals surface area contributed by atoms with Crippen LogP contribution >= 0.6 is 0 Å². The van der Waals surface area contributed by atoms with Crippen molar-refractivity contribution in [1.29, 1.82) is 0 Å². The minimum absolute atomic E-state index is 1.08. The molecule has 0 aliphatic rings. The van der Waals surface area contributed by atoms with Crippen molar-refractivity contribution in [2.75, 3.05) is 0 Å². The van der Waals surface area contributed by atoms with Gasteiger partial charge in [0.2, 0.25) is 0 Å². The first kappa shape index (κ1) is 17.0. The predicted molar refractivity (Wildman–Crippen MR) is 61.3 cm³/mol. The second-order valence-electron chi connectivity index (χ2n) is 1.64. The molecule has 68 valence electrons. The highest BCUT2D eigenvalue weighted by molar-refractivity contribution is 4.88. The zero-order valence-corrected chi connectivity index (χ0v) is 8.13. The molecule has 0 aromatic heterocycles. The molecule has 0 atom stereocenters. The topological polar surface area (TPSA) is 0 Å². The minimum atomic E-state index is 1.08. The first-order valence-electron chi connectivity index (χ1n) is 3.82. The van der Waals surface area contributed by atoms with Crippen LogP contribution in [-0.4, -0.2) is 0 Å². The van der Waals surface area contributed by atoms with Crippen LogP contribution in [-0.2, 0) is 0 Å². The van der Waals surface area contributed by atoms with E-state index in [-0.39, 0.29) is 0 Å². The fourth-order valence-electron chi connectivity index (χ4n) is 0. The molecule has 0 fully saturated rings. The predicted octanol–water partition coefficient (Wildman–Crippen LogP) is 4.30. The highest BCUT2D eigenvalue weighted by Crippen LogP contribution is 1.66. The number of rotatable bonds is 3. The number of hydrogen-bond acceptors (Lipinski definition) is 0. The van der Waals surface area contributed by atoms with Gasteiger partial charge in [-0.15, -0.1) is 6.58 Å². The molecule has 0 spiro atoms. The summed E-state index contributed by atoms with van der Waals surface area (Å²) in [6.07, 6.45) is 9.51. The second-order valence-corrected chi connectivity index (χ2v) is 1.64. The van der Waals surface area contributed by atoms with Gasteiger partial charge in [0, 0.05) is 0 Å². The maximum atomic E-state index is 3.48. The Bertz CT molecular complexity index is 94.0. The van der Waals surface area contributed by atoms with E-state index in [9.17, 15) is 0 Å². The van der Waals surface area contributed by atoms with Crippen molar-refractivity contribution in [2.45, 2.75) is 13.3 Å². The Morgan fingerprint density at radius 3 is 0.917 bits per heavy atom. The first-order valence-corrected chi connectivity index (χ1v) is 3.82. The molecule has 0 N–H and O–H groups in total. The van der Waals surface area contributed by atoms with Gasteiger partial charge in [-0.2, -0.15) is 0 Å². The van der Waals surface area contributed by atoms with Crippen LogP contribution in [0.1, 0.15) is 13.3 Å². The largest absolute Gasteiger partial charge is 0.103 e. The van der Waals surface area contributed by atoms with Crippen molar-refractivity contribution in [3.63, 3.8) is 0 Å². The standard InChI is InChI=1S/C4H8.2C4H6/c3*1-3-4-2/h3H,1,4H2,2H3;2*3-4H,1-2H2. The summed E-state index contributed by atoms with van der Waals surface area (Å²) in [5, 5.41) is 0. The maximum absolute atomic E-state index is 3.48. The number of allylic oxidation sites excluding steroid dienone is 5. The van der Waals surface area contributed by atoms with Crippen molar-refractivity contribution in [1.82, 2.24) is 0 Å². The lowest BCUT2D eigenvalue weighted by Gasteiger charge is -1.57. The van der Waals surface area contributed by atoms with E-state index in [0.717, 1.165) is 6.42 Å². The molecule has 0 saturated heterocycles. The molecule has 0 aliphatic heterocycles. The van der Waals surface area contributed by atoms with Crippen LogP contribution in [0.25, 0.3) is 0 Å². The van der Waals surface area contributed by atoms with Crippen LogP contribution in [0.3, 0.4) is 0 Å². The molecule has 0 unspecified atom stereocenters. The summed E-state index contributed by atoms with van der Waals surface area (Å²) in [6.45, 7) is 19.0. The van der Waals surface area contributed by atoms with Gasteiger partial charge >= 0.3 is 0 Å². The average Bonchev–Trinajstić information content (AvgIpc) is 2.18. The van der Waals surface area contributed by atoms with Gasteiger partial charge in [-0.25, -0.2) is 0 Å². The molecule has 0 heterocycles. The normalized spacial score (nSPS) is 5.42. The van der Waals surface area contributed by atoms with E-state index in [2.05, 4.69) is 39.8 Å². The van der Waals surface area contributed by atoms with Gasteiger partial charge < -0.3 is 0 Å².